The van der Waals surface area contributed by atoms with Crippen molar-refractivity contribution in [3.05, 3.63) is 22.2 Å². The summed E-state index contributed by atoms with van der Waals surface area (Å²) in [5, 5.41) is 14.6. The molecule has 0 spiro atoms. The molecule has 1 aromatic rings. The molecule has 0 aliphatic heterocycles. The normalized spacial score (nSPS) is 12.5. The van der Waals surface area contributed by atoms with Crippen LogP contribution in [-0.2, 0) is 0 Å². The van der Waals surface area contributed by atoms with Gasteiger partial charge in [-0.3, -0.25) is 10.1 Å². The Balaban J connectivity index is 3.05. The predicted molar refractivity (Wildman–Crippen MR) is 70.6 cm³/mol. The third-order valence-corrected chi connectivity index (χ3v) is 3.97. The fraction of sp³-hybridized carbons (Fsp3) is 0.545. The molecule has 0 fully saturated rings. The highest BCUT2D eigenvalue weighted by molar-refractivity contribution is 8.00. The molecule has 5 nitrogen and oxygen atoms in total. The fourth-order valence-corrected chi connectivity index (χ4v) is 2.15. The van der Waals surface area contributed by atoms with E-state index in [2.05, 4.69) is 24.1 Å². The quantitative estimate of drug-likeness (QED) is 0.497. The summed E-state index contributed by atoms with van der Waals surface area (Å²) in [4.78, 5) is 14.8. The maximum absolute atomic E-state index is 10.9. The number of thioether (sulfide) groups is 1. The first-order chi connectivity index (χ1) is 7.95. The van der Waals surface area contributed by atoms with Gasteiger partial charge in [0.1, 0.15) is 5.82 Å². The van der Waals surface area contributed by atoms with Gasteiger partial charge in [0.25, 0.3) is 0 Å². The van der Waals surface area contributed by atoms with E-state index in [1.807, 2.05) is 6.92 Å². The summed E-state index contributed by atoms with van der Waals surface area (Å²) in [7, 11) is 1.74. The molecule has 0 aliphatic rings. The SMILES string of the molecule is CNc1ccc([N+](=O)[O-])c(SC(C)C(C)C)n1. The Morgan fingerprint density at radius 3 is 2.53 bits per heavy atom. The van der Waals surface area contributed by atoms with Crippen molar-refractivity contribution in [2.24, 2.45) is 5.92 Å². The second-order valence-corrected chi connectivity index (χ2v) is 5.46. The van der Waals surface area contributed by atoms with Gasteiger partial charge in [-0.2, -0.15) is 0 Å². The summed E-state index contributed by atoms with van der Waals surface area (Å²) in [5.74, 6) is 1.09. The lowest BCUT2D eigenvalue weighted by atomic mass is 10.2. The molecular formula is C11H17N3O2S. The lowest BCUT2D eigenvalue weighted by Crippen LogP contribution is -2.07. The van der Waals surface area contributed by atoms with E-state index in [0.29, 0.717) is 16.8 Å². The largest absolute Gasteiger partial charge is 0.373 e. The molecule has 0 aliphatic carbocycles. The molecule has 1 unspecified atom stereocenters. The topological polar surface area (TPSA) is 68.1 Å². The first-order valence-electron chi connectivity index (χ1n) is 5.45. The zero-order valence-corrected chi connectivity index (χ0v) is 11.2. The Morgan fingerprint density at radius 2 is 2.06 bits per heavy atom. The summed E-state index contributed by atoms with van der Waals surface area (Å²) in [5.41, 5.74) is 0.0708. The first kappa shape index (κ1) is 13.8. The van der Waals surface area contributed by atoms with Crippen LogP contribution in [0.5, 0.6) is 0 Å². The standard InChI is InChI=1S/C11H17N3O2S/c1-7(2)8(3)17-11-9(14(15)16)5-6-10(12-4)13-11/h5-8H,1-4H3,(H,12,13). The van der Waals surface area contributed by atoms with Crippen LogP contribution in [0.2, 0.25) is 0 Å². The molecule has 6 heteroatoms. The average molecular weight is 255 g/mol. The number of hydrogen-bond donors (Lipinski definition) is 1. The smallest absolute Gasteiger partial charge is 0.301 e. The second kappa shape index (κ2) is 5.86. The number of anilines is 1. The van der Waals surface area contributed by atoms with Crippen molar-refractivity contribution in [1.29, 1.82) is 0 Å². The van der Waals surface area contributed by atoms with Crippen LogP contribution in [-0.4, -0.2) is 22.2 Å². The molecule has 1 atom stereocenters. The number of nitrogens with zero attached hydrogens (tertiary/aromatic N) is 2. The van der Waals surface area contributed by atoms with Crippen molar-refractivity contribution in [3.63, 3.8) is 0 Å². The molecule has 1 N–H and O–H groups in total. The second-order valence-electron chi connectivity index (χ2n) is 4.09. The van der Waals surface area contributed by atoms with E-state index < -0.39 is 0 Å². The van der Waals surface area contributed by atoms with Crippen LogP contribution in [0, 0.1) is 16.0 Å². The molecule has 0 radical (unpaired) electrons. The highest BCUT2D eigenvalue weighted by Crippen LogP contribution is 2.33. The average Bonchev–Trinajstić information content (AvgIpc) is 2.28. The van der Waals surface area contributed by atoms with Crippen LogP contribution < -0.4 is 5.32 Å². The first-order valence-corrected chi connectivity index (χ1v) is 6.33. The van der Waals surface area contributed by atoms with Crippen molar-refractivity contribution in [2.75, 3.05) is 12.4 Å². The molecule has 17 heavy (non-hydrogen) atoms. The highest BCUT2D eigenvalue weighted by Gasteiger charge is 2.20. The number of hydrogen-bond acceptors (Lipinski definition) is 5. The van der Waals surface area contributed by atoms with E-state index >= 15 is 0 Å². The van der Waals surface area contributed by atoms with Crippen molar-refractivity contribution in [3.8, 4) is 0 Å². The van der Waals surface area contributed by atoms with Crippen LogP contribution in [0.1, 0.15) is 20.8 Å². The zero-order valence-electron chi connectivity index (χ0n) is 10.4. The van der Waals surface area contributed by atoms with Gasteiger partial charge in [-0.15, -0.1) is 0 Å². The van der Waals surface area contributed by atoms with Gasteiger partial charge in [0.05, 0.1) is 4.92 Å². The van der Waals surface area contributed by atoms with Crippen LogP contribution in [0.15, 0.2) is 17.2 Å². The summed E-state index contributed by atoms with van der Waals surface area (Å²) in [6.45, 7) is 6.23. The molecule has 1 aromatic heterocycles. The Hall–Kier alpha value is -1.30. The van der Waals surface area contributed by atoms with Crippen molar-refractivity contribution in [2.45, 2.75) is 31.0 Å². The van der Waals surface area contributed by atoms with Crippen LogP contribution in [0.3, 0.4) is 0 Å². The number of nitrogens with one attached hydrogen (secondary N) is 1. The fourth-order valence-electron chi connectivity index (χ4n) is 1.11. The van der Waals surface area contributed by atoms with Gasteiger partial charge in [-0.1, -0.05) is 32.5 Å². The van der Waals surface area contributed by atoms with E-state index in [0.717, 1.165) is 0 Å². The molecule has 1 heterocycles. The minimum atomic E-state index is -0.387. The van der Waals surface area contributed by atoms with Gasteiger partial charge in [-0.05, 0) is 12.0 Å². The molecule has 0 bridgehead atoms. The number of aromatic nitrogens is 1. The third kappa shape index (κ3) is 3.59. The zero-order chi connectivity index (χ0) is 13.0. The van der Waals surface area contributed by atoms with E-state index in [9.17, 15) is 10.1 Å². The van der Waals surface area contributed by atoms with Crippen LogP contribution in [0.25, 0.3) is 0 Å². The predicted octanol–water partition coefficient (Wildman–Crippen LogP) is 3.17. The lowest BCUT2D eigenvalue weighted by molar-refractivity contribution is -0.388. The Labute approximate surface area is 105 Å². The number of pyridine rings is 1. The molecule has 0 saturated heterocycles. The minimum Gasteiger partial charge on any atom is -0.373 e. The van der Waals surface area contributed by atoms with Gasteiger partial charge in [0, 0.05) is 18.4 Å². The van der Waals surface area contributed by atoms with Crippen molar-refractivity contribution >= 4 is 23.3 Å². The third-order valence-electron chi connectivity index (χ3n) is 2.53. The Kier molecular flexibility index (Phi) is 4.74. The summed E-state index contributed by atoms with van der Waals surface area (Å²) in [6, 6.07) is 3.11. The molecule has 1 rings (SSSR count). The number of rotatable bonds is 5. The monoisotopic (exact) mass is 255 g/mol. The van der Waals surface area contributed by atoms with E-state index in [1.54, 1.807) is 13.1 Å². The molecule has 0 saturated carbocycles. The van der Waals surface area contributed by atoms with Crippen molar-refractivity contribution < 1.29 is 4.92 Å². The molecule has 0 aromatic carbocycles. The van der Waals surface area contributed by atoms with Gasteiger partial charge >= 0.3 is 5.69 Å². The summed E-state index contributed by atoms with van der Waals surface area (Å²) < 4.78 is 0. The Morgan fingerprint density at radius 1 is 1.41 bits per heavy atom. The molecule has 94 valence electrons. The van der Waals surface area contributed by atoms with E-state index in [1.165, 1.54) is 17.8 Å². The minimum absolute atomic E-state index is 0.0708. The van der Waals surface area contributed by atoms with Gasteiger partial charge in [0.2, 0.25) is 0 Å². The van der Waals surface area contributed by atoms with Gasteiger partial charge in [-0.25, -0.2) is 4.98 Å². The summed E-state index contributed by atoms with van der Waals surface area (Å²) >= 11 is 1.44. The maximum atomic E-state index is 10.9. The van der Waals surface area contributed by atoms with Crippen LogP contribution >= 0.6 is 11.8 Å². The van der Waals surface area contributed by atoms with E-state index in [4.69, 9.17) is 0 Å². The molecular weight excluding hydrogens is 238 g/mol. The maximum Gasteiger partial charge on any atom is 0.301 e. The summed E-state index contributed by atoms with van der Waals surface area (Å²) in [6.07, 6.45) is 0. The van der Waals surface area contributed by atoms with Crippen LogP contribution in [0.4, 0.5) is 11.5 Å². The molecule has 0 amide bonds. The lowest BCUT2D eigenvalue weighted by Gasteiger charge is -2.14. The van der Waals surface area contributed by atoms with Crippen molar-refractivity contribution in [1.82, 2.24) is 4.98 Å². The number of nitro groups is 1. The Bertz CT molecular complexity index is 410. The van der Waals surface area contributed by atoms with Gasteiger partial charge < -0.3 is 5.32 Å². The van der Waals surface area contributed by atoms with Gasteiger partial charge in [0.15, 0.2) is 5.03 Å². The highest BCUT2D eigenvalue weighted by atomic mass is 32.2. The van der Waals surface area contributed by atoms with E-state index in [-0.39, 0.29) is 15.9 Å².